The zero-order valence-electron chi connectivity index (χ0n) is 14.2. The van der Waals surface area contributed by atoms with E-state index in [2.05, 4.69) is 20.9 Å². The molecule has 136 valence electrons. The van der Waals surface area contributed by atoms with Crippen LogP contribution in [0.5, 0.6) is 11.5 Å². The molecule has 0 aliphatic carbocycles. The predicted octanol–water partition coefficient (Wildman–Crippen LogP) is 3.96. The summed E-state index contributed by atoms with van der Waals surface area (Å²) < 4.78 is 38.7. The van der Waals surface area contributed by atoms with Crippen LogP contribution in [0.15, 0.2) is 64.2 Å². The lowest BCUT2D eigenvalue weighted by atomic mass is 10.2. The van der Waals surface area contributed by atoms with Gasteiger partial charge in [0.15, 0.2) is 17.3 Å². The molecule has 3 aromatic rings. The number of imidazole rings is 1. The van der Waals surface area contributed by atoms with Crippen LogP contribution in [0.2, 0.25) is 0 Å². The van der Waals surface area contributed by atoms with Crippen LogP contribution in [-0.4, -0.2) is 31.1 Å². The van der Waals surface area contributed by atoms with Gasteiger partial charge in [-0.05, 0) is 47.1 Å². The van der Waals surface area contributed by atoms with Gasteiger partial charge >= 0.3 is 0 Å². The van der Waals surface area contributed by atoms with Gasteiger partial charge in [-0.2, -0.15) is 0 Å². The van der Waals surface area contributed by atoms with Crippen molar-refractivity contribution in [3.05, 3.63) is 59.3 Å². The fraction of sp³-hybridized carbons (Fsp3) is 0.167. The summed E-state index contributed by atoms with van der Waals surface area (Å²) in [6, 6.07) is 11.7. The van der Waals surface area contributed by atoms with Gasteiger partial charge in [0.05, 0.1) is 23.1 Å². The summed E-state index contributed by atoms with van der Waals surface area (Å²) >= 11 is 3.45. The lowest BCUT2D eigenvalue weighted by molar-refractivity contribution is 0.309. The molecule has 6 nitrogen and oxygen atoms in total. The molecule has 0 bridgehead atoms. The molecule has 0 aliphatic heterocycles. The van der Waals surface area contributed by atoms with Crippen LogP contribution in [0, 0.1) is 0 Å². The minimum Gasteiger partial charge on any atom is -0.493 e. The highest BCUT2D eigenvalue weighted by Crippen LogP contribution is 2.39. The number of rotatable bonds is 6. The molecule has 0 saturated heterocycles. The van der Waals surface area contributed by atoms with E-state index in [1.807, 2.05) is 6.92 Å². The molecule has 0 N–H and O–H groups in total. The van der Waals surface area contributed by atoms with Crippen LogP contribution in [-0.2, 0) is 10.0 Å². The first-order chi connectivity index (χ1) is 12.5. The standard InChI is InChI=1S/C18H17BrN2O4S/c1-3-25-17-15(19)11-13(12-16(17)24-2)18-20-9-10-21(18)26(22,23)14-7-5-4-6-8-14/h4-12H,3H2,1-2H3. The second kappa shape index (κ2) is 7.51. The van der Waals surface area contributed by atoms with E-state index in [4.69, 9.17) is 9.47 Å². The summed E-state index contributed by atoms with van der Waals surface area (Å²) in [6.45, 7) is 2.35. The quantitative estimate of drug-likeness (QED) is 0.584. The van der Waals surface area contributed by atoms with Crippen LogP contribution in [0.4, 0.5) is 0 Å². The van der Waals surface area contributed by atoms with Crippen molar-refractivity contribution in [1.29, 1.82) is 0 Å². The molecular formula is C18H17BrN2O4S. The zero-order chi connectivity index (χ0) is 18.7. The minimum atomic E-state index is -3.76. The Morgan fingerprint density at radius 2 is 1.92 bits per heavy atom. The molecule has 0 atom stereocenters. The first-order valence-electron chi connectivity index (χ1n) is 7.83. The van der Waals surface area contributed by atoms with E-state index in [0.717, 1.165) is 3.97 Å². The average Bonchev–Trinajstić information content (AvgIpc) is 3.14. The molecule has 1 aromatic heterocycles. The molecule has 8 heteroatoms. The summed E-state index contributed by atoms with van der Waals surface area (Å²) in [5, 5.41) is 0. The number of benzene rings is 2. The van der Waals surface area contributed by atoms with Crippen LogP contribution in [0.3, 0.4) is 0 Å². The Morgan fingerprint density at radius 1 is 1.19 bits per heavy atom. The Hall–Kier alpha value is -2.32. The van der Waals surface area contributed by atoms with Gasteiger partial charge in [0, 0.05) is 18.0 Å². The Kier molecular flexibility index (Phi) is 5.33. The number of ether oxygens (including phenoxy) is 2. The summed E-state index contributed by atoms with van der Waals surface area (Å²) in [4.78, 5) is 4.43. The Labute approximate surface area is 160 Å². The molecule has 3 rings (SSSR count). The van der Waals surface area contributed by atoms with Crippen molar-refractivity contribution in [1.82, 2.24) is 8.96 Å². The lowest BCUT2D eigenvalue weighted by Crippen LogP contribution is -2.13. The highest BCUT2D eigenvalue weighted by molar-refractivity contribution is 9.10. The number of aromatic nitrogens is 2. The van der Waals surface area contributed by atoms with Crippen molar-refractivity contribution in [2.45, 2.75) is 11.8 Å². The maximum atomic E-state index is 13.0. The van der Waals surface area contributed by atoms with E-state index in [1.54, 1.807) is 42.5 Å². The molecule has 2 aromatic carbocycles. The number of nitrogens with zero attached hydrogens (tertiary/aromatic N) is 2. The smallest absolute Gasteiger partial charge is 0.269 e. The first kappa shape index (κ1) is 18.5. The first-order valence-corrected chi connectivity index (χ1v) is 10.1. The number of halogens is 1. The van der Waals surface area contributed by atoms with E-state index < -0.39 is 10.0 Å². The molecule has 0 unspecified atom stereocenters. The van der Waals surface area contributed by atoms with Gasteiger partial charge in [-0.15, -0.1) is 0 Å². The molecular weight excluding hydrogens is 420 g/mol. The van der Waals surface area contributed by atoms with Gasteiger partial charge in [-0.3, -0.25) is 0 Å². The summed E-state index contributed by atoms with van der Waals surface area (Å²) in [5.41, 5.74) is 0.585. The molecule has 0 amide bonds. The number of hydrogen-bond acceptors (Lipinski definition) is 5. The minimum absolute atomic E-state index is 0.191. The van der Waals surface area contributed by atoms with Crippen molar-refractivity contribution in [3.63, 3.8) is 0 Å². The van der Waals surface area contributed by atoms with Crippen molar-refractivity contribution in [2.75, 3.05) is 13.7 Å². The maximum Gasteiger partial charge on any atom is 0.269 e. The van der Waals surface area contributed by atoms with E-state index >= 15 is 0 Å². The number of hydrogen-bond donors (Lipinski definition) is 0. The van der Waals surface area contributed by atoms with Gasteiger partial charge in [0.25, 0.3) is 10.0 Å². The molecule has 0 spiro atoms. The molecule has 0 saturated carbocycles. The summed E-state index contributed by atoms with van der Waals surface area (Å²) in [7, 11) is -2.23. The fourth-order valence-corrected chi connectivity index (χ4v) is 4.41. The molecule has 26 heavy (non-hydrogen) atoms. The fourth-order valence-electron chi connectivity index (χ4n) is 2.53. The van der Waals surface area contributed by atoms with Crippen molar-refractivity contribution < 1.29 is 17.9 Å². The topological polar surface area (TPSA) is 70.4 Å². The third kappa shape index (κ3) is 3.34. The predicted molar refractivity (Wildman–Crippen MR) is 102 cm³/mol. The summed E-state index contributed by atoms with van der Waals surface area (Å²) in [6.07, 6.45) is 2.88. The zero-order valence-corrected chi connectivity index (χ0v) is 16.6. The third-order valence-corrected chi connectivity index (χ3v) is 5.95. The number of methoxy groups -OCH3 is 1. The Morgan fingerprint density at radius 3 is 2.58 bits per heavy atom. The lowest BCUT2D eigenvalue weighted by Gasteiger charge is -2.14. The Bertz CT molecular complexity index is 1020. The van der Waals surface area contributed by atoms with Gasteiger partial charge in [-0.1, -0.05) is 18.2 Å². The highest BCUT2D eigenvalue weighted by atomic mass is 79.9. The molecule has 0 fully saturated rings. The average molecular weight is 437 g/mol. The van der Waals surface area contributed by atoms with Crippen LogP contribution in [0.25, 0.3) is 11.4 Å². The van der Waals surface area contributed by atoms with E-state index in [1.165, 1.54) is 19.5 Å². The molecule has 1 heterocycles. The largest absolute Gasteiger partial charge is 0.493 e. The normalized spacial score (nSPS) is 11.3. The van der Waals surface area contributed by atoms with E-state index in [-0.39, 0.29) is 10.7 Å². The van der Waals surface area contributed by atoms with Crippen molar-refractivity contribution >= 4 is 26.0 Å². The highest BCUT2D eigenvalue weighted by Gasteiger charge is 2.22. The van der Waals surface area contributed by atoms with Gasteiger partial charge in [0.2, 0.25) is 0 Å². The van der Waals surface area contributed by atoms with Gasteiger partial charge in [0.1, 0.15) is 0 Å². The molecule has 0 radical (unpaired) electrons. The van der Waals surface area contributed by atoms with Crippen LogP contribution in [0.1, 0.15) is 6.92 Å². The van der Waals surface area contributed by atoms with E-state index in [9.17, 15) is 8.42 Å². The second-order valence-corrected chi connectivity index (χ2v) is 7.96. The third-order valence-electron chi connectivity index (χ3n) is 3.68. The Balaban J connectivity index is 2.14. The molecule has 0 aliphatic rings. The monoisotopic (exact) mass is 436 g/mol. The van der Waals surface area contributed by atoms with Gasteiger partial charge in [-0.25, -0.2) is 17.4 Å². The SMILES string of the molecule is CCOc1c(Br)cc(-c2nccn2S(=O)(=O)c2ccccc2)cc1OC. The van der Waals surface area contributed by atoms with Crippen LogP contribution < -0.4 is 9.47 Å². The van der Waals surface area contributed by atoms with Crippen molar-refractivity contribution in [3.8, 4) is 22.9 Å². The van der Waals surface area contributed by atoms with E-state index in [0.29, 0.717) is 28.1 Å². The van der Waals surface area contributed by atoms with Crippen LogP contribution >= 0.6 is 15.9 Å². The summed E-state index contributed by atoms with van der Waals surface area (Å²) in [5.74, 6) is 1.33. The van der Waals surface area contributed by atoms with Gasteiger partial charge < -0.3 is 9.47 Å². The maximum absolute atomic E-state index is 13.0. The van der Waals surface area contributed by atoms with Crippen molar-refractivity contribution in [2.24, 2.45) is 0 Å². The second-order valence-electron chi connectivity index (χ2n) is 5.29.